The highest BCUT2D eigenvalue weighted by molar-refractivity contribution is 7.11. The number of aliphatic imine (C=N–C) groups is 1. The minimum absolute atomic E-state index is 0. The van der Waals surface area contributed by atoms with Crippen LogP contribution >= 0.6 is 11.3 Å². The Kier molecular flexibility index (Phi) is 8.46. The highest BCUT2D eigenvalue weighted by Gasteiger charge is 2.09. The highest BCUT2D eigenvalue weighted by atomic mass is 32.1. The van der Waals surface area contributed by atoms with E-state index < -0.39 is 0 Å². The average Bonchev–Trinajstić information content (AvgIpc) is 3.13. The lowest BCUT2D eigenvalue weighted by molar-refractivity contribution is 0.0945. The summed E-state index contributed by atoms with van der Waals surface area (Å²) in [6, 6.07) is 5.71. The highest BCUT2D eigenvalue weighted by Crippen LogP contribution is 2.09. The molecule has 23 heavy (non-hydrogen) atoms. The summed E-state index contributed by atoms with van der Waals surface area (Å²) < 4.78 is 0. The quantitative estimate of drug-likeness (QED) is 0.840. The molecule has 0 aliphatic carbocycles. The van der Waals surface area contributed by atoms with Crippen LogP contribution in [0.4, 0.5) is 0 Å². The zero-order valence-corrected chi connectivity index (χ0v) is 14.7. The second-order valence-electron chi connectivity index (χ2n) is 4.25. The van der Waals surface area contributed by atoms with E-state index >= 15 is 0 Å². The first-order valence-electron chi connectivity index (χ1n) is 7.51. The zero-order chi connectivity index (χ0) is 17.1. The van der Waals surface area contributed by atoms with Gasteiger partial charge in [-0.3, -0.25) is 19.8 Å². The summed E-state index contributed by atoms with van der Waals surface area (Å²) in [5.41, 5.74) is 3.39. The maximum absolute atomic E-state index is 11.9. The summed E-state index contributed by atoms with van der Waals surface area (Å²) in [6.45, 7) is 7.75. The van der Waals surface area contributed by atoms with E-state index in [1.165, 1.54) is 11.3 Å². The molecule has 0 bridgehead atoms. The minimum atomic E-state index is -0.321. The molecule has 124 valence electrons. The number of rotatable bonds is 5. The zero-order valence-electron chi connectivity index (χ0n) is 13.9. The largest absolute Gasteiger partial charge is 0.330 e. The molecule has 0 spiro atoms. The van der Waals surface area contributed by atoms with Crippen LogP contribution in [0.5, 0.6) is 0 Å². The van der Waals surface area contributed by atoms with E-state index in [-0.39, 0.29) is 13.5 Å². The van der Waals surface area contributed by atoms with E-state index in [2.05, 4.69) is 20.3 Å². The topological polar surface area (TPSA) is 67.2 Å². The SMILES string of the molecule is C/C=C(\C=N/C(C)NC(=O)c1cncs1)c1ccccn1.CC.[HH]. The van der Waals surface area contributed by atoms with Crippen molar-refractivity contribution in [1.82, 2.24) is 15.3 Å². The Bertz CT molecular complexity index is 642. The summed E-state index contributed by atoms with van der Waals surface area (Å²) in [4.78, 5) is 24.9. The standard InChI is InChI=1S/C15H16N4OS.C2H6.H2/c1-3-12(13-6-4-5-7-17-13)8-18-11(2)19-15(20)14-9-16-10-21-14;1-2;/h3-11H,1-2H3,(H,19,20);1-2H3;1H/b12-3+,18-8-;;. The molecule has 0 saturated heterocycles. The van der Waals surface area contributed by atoms with Crippen molar-refractivity contribution in [3.05, 3.63) is 52.8 Å². The third kappa shape index (κ3) is 6.12. The Hall–Kier alpha value is -2.34. The smallest absolute Gasteiger partial charge is 0.264 e. The van der Waals surface area contributed by atoms with Crippen LogP contribution in [0.25, 0.3) is 5.57 Å². The molecule has 0 fully saturated rings. The number of thiazole rings is 1. The van der Waals surface area contributed by atoms with Crippen molar-refractivity contribution in [3.63, 3.8) is 0 Å². The van der Waals surface area contributed by atoms with Gasteiger partial charge in [0, 0.05) is 19.4 Å². The van der Waals surface area contributed by atoms with Crippen molar-refractivity contribution in [2.24, 2.45) is 4.99 Å². The summed E-state index contributed by atoms with van der Waals surface area (Å²) in [5.74, 6) is -0.165. The number of amides is 1. The molecule has 1 N–H and O–H groups in total. The number of nitrogens with zero attached hydrogens (tertiary/aromatic N) is 3. The van der Waals surface area contributed by atoms with Crippen LogP contribution in [0, 0.1) is 0 Å². The normalized spacial score (nSPS) is 12.4. The molecule has 6 heteroatoms. The Morgan fingerprint density at radius 3 is 2.78 bits per heavy atom. The van der Waals surface area contributed by atoms with Gasteiger partial charge in [-0.05, 0) is 26.0 Å². The second-order valence-corrected chi connectivity index (χ2v) is 5.14. The van der Waals surface area contributed by atoms with Gasteiger partial charge in [-0.2, -0.15) is 0 Å². The van der Waals surface area contributed by atoms with Crippen LogP contribution in [0.3, 0.4) is 0 Å². The second kappa shape index (κ2) is 10.4. The van der Waals surface area contributed by atoms with Crippen molar-refractivity contribution >= 4 is 29.0 Å². The summed E-state index contributed by atoms with van der Waals surface area (Å²) in [6.07, 6.45) is 6.62. The number of nitrogens with one attached hydrogen (secondary N) is 1. The number of hydrogen-bond acceptors (Lipinski definition) is 5. The van der Waals surface area contributed by atoms with Gasteiger partial charge in [0.1, 0.15) is 11.0 Å². The van der Waals surface area contributed by atoms with Crippen molar-refractivity contribution in [2.75, 3.05) is 0 Å². The Morgan fingerprint density at radius 1 is 1.43 bits per heavy atom. The molecule has 2 heterocycles. The predicted molar refractivity (Wildman–Crippen MR) is 98.9 cm³/mol. The van der Waals surface area contributed by atoms with Gasteiger partial charge in [0.15, 0.2) is 0 Å². The van der Waals surface area contributed by atoms with E-state index in [0.717, 1.165) is 11.3 Å². The predicted octanol–water partition coefficient (Wildman–Crippen LogP) is 4.06. The van der Waals surface area contributed by atoms with Gasteiger partial charge < -0.3 is 5.32 Å². The van der Waals surface area contributed by atoms with E-state index in [1.807, 2.05) is 52.0 Å². The number of allylic oxidation sites excluding steroid dienone is 2. The van der Waals surface area contributed by atoms with Crippen LogP contribution in [-0.2, 0) is 0 Å². The number of carbonyl (C=O) groups is 1. The third-order valence-electron chi connectivity index (χ3n) is 2.70. The van der Waals surface area contributed by atoms with Crippen molar-refractivity contribution < 1.29 is 6.22 Å². The van der Waals surface area contributed by atoms with E-state index in [1.54, 1.807) is 24.1 Å². The maximum Gasteiger partial charge on any atom is 0.264 e. The minimum Gasteiger partial charge on any atom is -0.330 e. The Balaban J connectivity index is 0.00000170. The molecule has 2 rings (SSSR count). The molecule has 0 saturated carbocycles. The lowest BCUT2D eigenvalue weighted by Crippen LogP contribution is -2.30. The maximum atomic E-state index is 11.9. The molecular formula is C17H24N4OS. The molecule has 0 aliphatic rings. The summed E-state index contributed by atoms with van der Waals surface area (Å²) in [7, 11) is 0. The molecule has 1 atom stereocenters. The number of aromatic nitrogens is 2. The van der Waals surface area contributed by atoms with Crippen LogP contribution in [-0.4, -0.2) is 28.3 Å². The van der Waals surface area contributed by atoms with Crippen LogP contribution in [0.1, 0.15) is 44.5 Å². The monoisotopic (exact) mass is 332 g/mol. The molecule has 1 unspecified atom stereocenters. The van der Waals surface area contributed by atoms with Gasteiger partial charge in [-0.15, -0.1) is 11.3 Å². The molecule has 0 radical (unpaired) electrons. The van der Waals surface area contributed by atoms with Crippen LogP contribution in [0.2, 0.25) is 0 Å². The number of hydrogen-bond donors (Lipinski definition) is 1. The Morgan fingerprint density at radius 2 is 2.22 bits per heavy atom. The van der Waals surface area contributed by atoms with Gasteiger partial charge in [-0.25, -0.2) is 0 Å². The first kappa shape index (κ1) is 18.7. The summed E-state index contributed by atoms with van der Waals surface area (Å²) in [5, 5.41) is 2.80. The van der Waals surface area contributed by atoms with Crippen molar-refractivity contribution in [1.29, 1.82) is 0 Å². The Labute approximate surface area is 142 Å². The molecule has 0 aliphatic heterocycles. The van der Waals surface area contributed by atoms with Crippen molar-refractivity contribution in [2.45, 2.75) is 33.9 Å². The van der Waals surface area contributed by atoms with E-state index in [4.69, 9.17) is 0 Å². The summed E-state index contributed by atoms with van der Waals surface area (Å²) >= 11 is 1.30. The van der Waals surface area contributed by atoms with Crippen LogP contribution < -0.4 is 5.32 Å². The molecule has 0 aromatic carbocycles. The van der Waals surface area contributed by atoms with Crippen LogP contribution in [0.15, 0.2) is 47.2 Å². The van der Waals surface area contributed by atoms with Gasteiger partial charge in [0.2, 0.25) is 0 Å². The van der Waals surface area contributed by atoms with Gasteiger partial charge >= 0.3 is 0 Å². The molecule has 2 aromatic rings. The van der Waals surface area contributed by atoms with Gasteiger partial charge in [0.05, 0.1) is 17.4 Å². The van der Waals surface area contributed by atoms with Crippen molar-refractivity contribution in [3.8, 4) is 0 Å². The first-order chi connectivity index (χ1) is 11.2. The van der Waals surface area contributed by atoms with Gasteiger partial charge in [0.25, 0.3) is 5.91 Å². The van der Waals surface area contributed by atoms with E-state index in [0.29, 0.717) is 4.88 Å². The fraction of sp³-hybridized carbons (Fsp3) is 0.294. The molecule has 1 amide bonds. The van der Waals surface area contributed by atoms with E-state index in [9.17, 15) is 4.79 Å². The lowest BCUT2D eigenvalue weighted by Gasteiger charge is -2.08. The average molecular weight is 332 g/mol. The van der Waals surface area contributed by atoms with Gasteiger partial charge in [-0.1, -0.05) is 26.0 Å². The molecular weight excluding hydrogens is 308 g/mol. The fourth-order valence-corrected chi connectivity index (χ4v) is 2.16. The lowest BCUT2D eigenvalue weighted by atomic mass is 10.2. The first-order valence-corrected chi connectivity index (χ1v) is 8.39. The molecule has 5 nitrogen and oxygen atoms in total. The fourth-order valence-electron chi connectivity index (χ4n) is 1.64. The number of pyridine rings is 1. The number of carbonyl (C=O) groups excluding carboxylic acids is 1. The third-order valence-corrected chi connectivity index (χ3v) is 3.48. The molecule has 2 aromatic heterocycles.